The molecule has 0 aromatic heterocycles. The van der Waals surface area contributed by atoms with Gasteiger partial charge in [-0.1, -0.05) is 29.8 Å². The van der Waals surface area contributed by atoms with E-state index in [-0.39, 0.29) is 6.61 Å². The van der Waals surface area contributed by atoms with E-state index >= 15 is 0 Å². The van der Waals surface area contributed by atoms with Crippen molar-refractivity contribution in [3.05, 3.63) is 35.4 Å². The van der Waals surface area contributed by atoms with Gasteiger partial charge in [0.05, 0.1) is 18.8 Å². The molecule has 6 nitrogen and oxygen atoms in total. The molecule has 0 spiro atoms. The molecule has 1 unspecified atom stereocenters. The topological polar surface area (TPSA) is 113 Å². The van der Waals surface area contributed by atoms with E-state index in [1.807, 2.05) is 31.2 Å². The molecular formula is C12H20NO5P. The van der Waals surface area contributed by atoms with Crippen molar-refractivity contribution in [2.24, 2.45) is 5.73 Å². The number of phosphoric ester groups is 1. The molecule has 0 heterocycles. The van der Waals surface area contributed by atoms with Gasteiger partial charge in [0.1, 0.15) is 0 Å². The summed E-state index contributed by atoms with van der Waals surface area (Å²) in [4.78, 5) is 17.3. The fourth-order valence-electron chi connectivity index (χ4n) is 1.56. The molecule has 0 saturated carbocycles. The molecule has 1 rings (SSSR count). The Morgan fingerprint density at radius 1 is 1.32 bits per heavy atom. The molecule has 108 valence electrons. The first-order chi connectivity index (χ1) is 8.74. The Bertz CT molecular complexity index is 444. The van der Waals surface area contributed by atoms with Crippen LogP contribution in [0.2, 0.25) is 0 Å². The maximum absolute atomic E-state index is 10.6. The van der Waals surface area contributed by atoms with Crippen molar-refractivity contribution in [1.82, 2.24) is 0 Å². The predicted molar refractivity (Wildman–Crippen MR) is 71.5 cm³/mol. The van der Waals surface area contributed by atoms with E-state index in [1.165, 1.54) is 0 Å². The molecular weight excluding hydrogens is 269 g/mol. The number of hydrogen-bond donors (Lipinski definition) is 4. The van der Waals surface area contributed by atoms with E-state index in [9.17, 15) is 9.67 Å². The maximum atomic E-state index is 10.6. The van der Waals surface area contributed by atoms with Gasteiger partial charge in [0, 0.05) is 0 Å². The minimum absolute atomic E-state index is 0.368. The first-order valence-corrected chi connectivity index (χ1v) is 7.42. The van der Waals surface area contributed by atoms with Crippen molar-refractivity contribution in [3.8, 4) is 0 Å². The van der Waals surface area contributed by atoms with Crippen LogP contribution in [-0.4, -0.2) is 33.6 Å². The van der Waals surface area contributed by atoms with Crippen molar-refractivity contribution in [2.75, 3.05) is 13.2 Å². The molecule has 1 atom stereocenters. The summed E-state index contributed by atoms with van der Waals surface area (Å²) in [5.74, 6) is 0. The highest BCUT2D eigenvalue weighted by atomic mass is 31.2. The lowest BCUT2D eigenvalue weighted by molar-refractivity contribution is 0.102. The van der Waals surface area contributed by atoms with Crippen molar-refractivity contribution in [1.29, 1.82) is 0 Å². The Labute approximate surface area is 112 Å². The van der Waals surface area contributed by atoms with Crippen LogP contribution in [0.4, 0.5) is 0 Å². The fourth-order valence-corrected chi connectivity index (χ4v) is 1.98. The number of phosphoric acid groups is 1. The van der Waals surface area contributed by atoms with E-state index in [0.717, 1.165) is 11.1 Å². The van der Waals surface area contributed by atoms with Crippen molar-refractivity contribution in [3.63, 3.8) is 0 Å². The highest BCUT2D eigenvalue weighted by Crippen LogP contribution is 2.36. The summed E-state index contributed by atoms with van der Waals surface area (Å²) in [7, 11) is -4.57. The van der Waals surface area contributed by atoms with Gasteiger partial charge in [-0.15, -0.1) is 0 Å². The molecule has 0 aliphatic rings. The highest BCUT2D eigenvalue weighted by molar-refractivity contribution is 7.46. The highest BCUT2D eigenvalue weighted by Gasteiger charge is 2.28. The quantitative estimate of drug-likeness (QED) is 0.550. The van der Waals surface area contributed by atoms with E-state index in [2.05, 4.69) is 4.52 Å². The lowest BCUT2D eigenvalue weighted by Crippen LogP contribution is -2.48. The van der Waals surface area contributed by atoms with Crippen molar-refractivity contribution >= 4 is 7.82 Å². The van der Waals surface area contributed by atoms with Gasteiger partial charge < -0.3 is 20.6 Å². The van der Waals surface area contributed by atoms with Crippen LogP contribution in [0.15, 0.2) is 24.3 Å². The average molecular weight is 289 g/mol. The van der Waals surface area contributed by atoms with Gasteiger partial charge in [-0.05, 0) is 25.3 Å². The smallest absolute Gasteiger partial charge is 0.394 e. The zero-order valence-electron chi connectivity index (χ0n) is 10.8. The molecule has 0 aliphatic heterocycles. The van der Waals surface area contributed by atoms with Gasteiger partial charge in [-0.25, -0.2) is 4.57 Å². The molecule has 0 saturated heterocycles. The van der Waals surface area contributed by atoms with Gasteiger partial charge in [0.25, 0.3) is 0 Å². The summed E-state index contributed by atoms with van der Waals surface area (Å²) in [5.41, 5.74) is 6.90. The number of hydrogen-bond acceptors (Lipinski definition) is 4. The number of aryl methyl sites for hydroxylation is 2. The molecule has 0 fully saturated rings. The number of nitrogens with two attached hydrogens (primary N) is 1. The van der Waals surface area contributed by atoms with Crippen LogP contribution in [0.25, 0.3) is 0 Å². The molecule has 5 N–H and O–H groups in total. The molecule has 0 amide bonds. The summed E-state index contributed by atoms with van der Waals surface area (Å²) in [6, 6.07) is 7.85. The zero-order chi connectivity index (χ0) is 14.5. The second-order valence-electron chi connectivity index (χ2n) is 4.77. The van der Waals surface area contributed by atoms with E-state index in [0.29, 0.717) is 12.8 Å². The summed E-state index contributed by atoms with van der Waals surface area (Å²) in [6.45, 7) is 1.19. The van der Waals surface area contributed by atoms with Gasteiger partial charge >= 0.3 is 7.82 Å². The minimum atomic E-state index is -4.57. The predicted octanol–water partition coefficient (Wildman–Crippen LogP) is 0.727. The summed E-state index contributed by atoms with van der Waals surface area (Å²) in [5, 5.41) is 9.25. The Kier molecular flexibility index (Phi) is 5.67. The third-order valence-corrected chi connectivity index (χ3v) is 3.33. The lowest BCUT2D eigenvalue weighted by Gasteiger charge is -2.27. The van der Waals surface area contributed by atoms with Gasteiger partial charge in [-0.2, -0.15) is 0 Å². The number of aliphatic hydroxyl groups excluding tert-OH is 1. The van der Waals surface area contributed by atoms with E-state index < -0.39 is 20.0 Å². The average Bonchev–Trinajstić information content (AvgIpc) is 2.35. The zero-order valence-corrected chi connectivity index (χ0v) is 11.7. The SMILES string of the molecule is Cc1ccc(CCC(N)(CO)COP(=O)(O)O)cc1. The minimum Gasteiger partial charge on any atom is -0.394 e. The molecule has 0 radical (unpaired) electrons. The van der Waals surface area contributed by atoms with E-state index in [1.54, 1.807) is 0 Å². The Morgan fingerprint density at radius 3 is 2.37 bits per heavy atom. The van der Waals surface area contributed by atoms with Crippen LogP contribution < -0.4 is 5.73 Å². The van der Waals surface area contributed by atoms with Crippen LogP contribution in [-0.2, 0) is 15.5 Å². The Balaban J connectivity index is 2.55. The molecule has 19 heavy (non-hydrogen) atoms. The van der Waals surface area contributed by atoms with Crippen molar-refractivity contribution < 1.29 is 24.0 Å². The Morgan fingerprint density at radius 2 is 1.89 bits per heavy atom. The molecule has 7 heteroatoms. The first-order valence-electron chi connectivity index (χ1n) is 5.89. The van der Waals surface area contributed by atoms with Crippen molar-refractivity contribution in [2.45, 2.75) is 25.3 Å². The fraction of sp³-hybridized carbons (Fsp3) is 0.500. The second kappa shape index (κ2) is 6.61. The maximum Gasteiger partial charge on any atom is 0.469 e. The van der Waals surface area contributed by atoms with Gasteiger partial charge in [-0.3, -0.25) is 4.52 Å². The molecule has 1 aromatic carbocycles. The Hall–Kier alpha value is -0.750. The van der Waals surface area contributed by atoms with Crippen LogP contribution in [0.3, 0.4) is 0 Å². The lowest BCUT2D eigenvalue weighted by atomic mass is 9.94. The van der Waals surface area contributed by atoms with Crippen LogP contribution in [0.1, 0.15) is 17.5 Å². The van der Waals surface area contributed by atoms with Gasteiger partial charge in [0.2, 0.25) is 0 Å². The first kappa shape index (κ1) is 16.3. The third-order valence-electron chi connectivity index (χ3n) is 2.87. The molecule has 0 bridgehead atoms. The monoisotopic (exact) mass is 289 g/mol. The van der Waals surface area contributed by atoms with Crippen LogP contribution >= 0.6 is 7.82 Å². The molecule has 1 aromatic rings. The number of benzene rings is 1. The second-order valence-corrected chi connectivity index (χ2v) is 6.01. The number of aliphatic hydroxyl groups is 1. The van der Waals surface area contributed by atoms with Crippen LogP contribution in [0.5, 0.6) is 0 Å². The molecule has 0 aliphatic carbocycles. The largest absolute Gasteiger partial charge is 0.469 e. The van der Waals surface area contributed by atoms with Gasteiger partial charge in [0.15, 0.2) is 0 Å². The summed E-state index contributed by atoms with van der Waals surface area (Å²) in [6.07, 6.45) is 0.967. The van der Waals surface area contributed by atoms with E-state index in [4.69, 9.17) is 15.5 Å². The number of rotatable bonds is 7. The summed E-state index contributed by atoms with van der Waals surface area (Å²) >= 11 is 0. The standard InChI is InChI=1S/C12H20NO5P/c1-10-2-4-11(5-3-10)6-7-12(13,8-14)9-18-19(15,16)17/h2-5,14H,6-9,13H2,1H3,(H2,15,16,17). The van der Waals surface area contributed by atoms with Crippen LogP contribution in [0, 0.1) is 6.92 Å². The normalized spacial score (nSPS) is 15.2. The third kappa shape index (κ3) is 6.29. The summed E-state index contributed by atoms with van der Waals surface area (Å²) < 4.78 is 15.0.